The molecule has 1 amide bonds. The molecule has 2 aromatic heterocycles. The third kappa shape index (κ3) is 4.91. The van der Waals surface area contributed by atoms with Gasteiger partial charge in [-0.2, -0.15) is 13.8 Å². The van der Waals surface area contributed by atoms with Crippen molar-refractivity contribution >= 4 is 23.5 Å². The highest BCUT2D eigenvalue weighted by Gasteiger charge is 2.26. The number of pyridine rings is 1. The maximum atomic E-state index is 13.0. The first-order chi connectivity index (χ1) is 16.6. The summed E-state index contributed by atoms with van der Waals surface area (Å²) >= 11 is 0.405. The van der Waals surface area contributed by atoms with Crippen molar-refractivity contribution in [2.45, 2.75) is 42.3 Å². The van der Waals surface area contributed by atoms with Gasteiger partial charge in [0.1, 0.15) is 5.82 Å². The van der Waals surface area contributed by atoms with Gasteiger partial charge in [0.05, 0.1) is 5.56 Å². The maximum Gasteiger partial charge on any atom is 0.288 e. The number of nitrogens with zero attached hydrogens (tertiary/aromatic N) is 5. The summed E-state index contributed by atoms with van der Waals surface area (Å²) in [6.07, 6.45) is 6.36. The number of piperazine rings is 1. The number of hydrogen-bond donors (Lipinski definition) is 0. The lowest BCUT2D eigenvalue weighted by Crippen LogP contribution is -2.49. The summed E-state index contributed by atoms with van der Waals surface area (Å²) in [4.78, 5) is 26.2. The Kier molecular flexibility index (Phi) is 6.75. The van der Waals surface area contributed by atoms with Crippen LogP contribution in [0.5, 0.6) is 0 Å². The zero-order valence-electron chi connectivity index (χ0n) is 18.6. The van der Waals surface area contributed by atoms with E-state index in [4.69, 9.17) is 4.52 Å². The van der Waals surface area contributed by atoms with E-state index in [9.17, 15) is 13.6 Å². The molecule has 5 rings (SSSR count). The molecule has 3 heterocycles. The van der Waals surface area contributed by atoms with Crippen LogP contribution in [0.15, 0.2) is 52.0 Å². The van der Waals surface area contributed by atoms with Crippen molar-refractivity contribution in [1.29, 1.82) is 0 Å². The van der Waals surface area contributed by atoms with Crippen LogP contribution in [0.4, 0.5) is 14.6 Å². The SMILES string of the molecule is O=C(c1ccccc1SC(F)F)N1CCN(c2ccc(-c3noc(C4CCCC4)n3)cn2)CC1. The predicted molar refractivity (Wildman–Crippen MR) is 125 cm³/mol. The molecule has 34 heavy (non-hydrogen) atoms. The van der Waals surface area contributed by atoms with E-state index in [0.717, 1.165) is 24.2 Å². The third-order valence-corrected chi connectivity index (χ3v) is 7.16. The van der Waals surface area contributed by atoms with E-state index >= 15 is 0 Å². The van der Waals surface area contributed by atoms with Crippen LogP contribution in [-0.4, -0.2) is 57.9 Å². The first kappa shape index (κ1) is 22.8. The largest absolute Gasteiger partial charge is 0.353 e. The zero-order chi connectivity index (χ0) is 23.5. The van der Waals surface area contributed by atoms with Crippen LogP contribution >= 0.6 is 11.8 Å². The molecule has 0 bridgehead atoms. The summed E-state index contributed by atoms with van der Waals surface area (Å²) in [6, 6.07) is 10.4. The first-order valence-corrected chi connectivity index (χ1v) is 12.3. The maximum absolute atomic E-state index is 13.0. The number of aromatic nitrogens is 3. The molecule has 10 heteroatoms. The van der Waals surface area contributed by atoms with Gasteiger partial charge in [0.2, 0.25) is 11.7 Å². The van der Waals surface area contributed by atoms with Crippen molar-refractivity contribution in [3.63, 3.8) is 0 Å². The molecule has 1 saturated heterocycles. The van der Waals surface area contributed by atoms with Crippen molar-refractivity contribution in [2.24, 2.45) is 0 Å². The average Bonchev–Trinajstić information content (AvgIpc) is 3.56. The van der Waals surface area contributed by atoms with Crippen LogP contribution in [0, 0.1) is 0 Å². The van der Waals surface area contributed by atoms with Crippen molar-refractivity contribution < 1.29 is 18.1 Å². The van der Waals surface area contributed by atoms with Crippen LogP contribution in [0.25, 0.3) is 11.4 Å². The molecule has 1 aliphatic carbocycles. The van der Waals surface area contributed by atoms with Gasteiger partial charge in [-0.15, -0.1) is 0 Å². The summed E-state index contributed by atoms with van der Waals surface area (Å²) in [7, 11) is 0. The van der Waals surface area contributed by atoms with Crippen LogP contribution in [0.1, 0.15) is 47.8 Å². The smallest absolute Gasteiger partial charge is 0.288 e. The fourth-order valence-corrected chi connectivity index (χ4v) is 5.18. The number of thioether (sulfide) groups is 1. The molecule has 2 aliphatic rings. The van der Waals surface area contributed by atoms with E-state index in [-0.39, 0.29) is 5.91 Å². The second-order valence-corrected chi connectivity index (χ2v) is 9.53. The quantitative estimate of drug-likeness (QED) is 0.452. The summed E-state index contributed by atoms with van der Waals surface area (Å²) in [5.41, 5.74) is 1.12. The van der Waals surface area contributed by atoms with Gasteiger partial charge < -0.3 is 14.3 Å². The number of benzene rings is 1. The molecule has 1 saturated carbocycles. The van der Waals surface area contributed by atoms with Crippen LogP contribution in [-0.2, 0) is 0 Å². The Morgan fingerprint density at radius 2 is 1.82 bits per heavy atom. The second kappa shape index (κ2) is 10.1. The molecule has 0 N–H and O–H groups in total. The van der Waals surface area contributed by atoms with Crippen molar-refractivity contribution in [3.8, 4) is 11.4 Å². The summed E-state index contributed by atoms with van der Waals surface area (Å²) in [6.45, 7) is 2.20. The molecule has 1 aromatic carbocycles. The standard InChI is InChI=1S/C24H25F2N5O2S/c25-24(26)34-19-8-4-3-7-18(19)23(32)31-13-11-30(12-14-31)20-10-9-17(15-27-20)21-28-22(33-29-21)16-5-1-2-6-16/h3-4,7-10,15-16,24H,1-2,5-6,11-14H2. The van der Waals surface area contributed by atoms with Gasteiger partial charge in [-0.1, -0.05) is 41.9 Å². The minimum Gasteiger partial charge on any atom is -0.353 e. The van der Waals surface area contributed by atoms with Crippen LogP contribution < -0.4 is 4.90 Å². The molecule has 0 unspecified atom stereocenters. The van der Waals surface area contributed by atoms with Crippen molar-refractivity contribution in [2.75, 3.05) is 31.1 Å². The van der Waals surface area contributed by atoms with Crippen molar-refractivity contribution in [1.82, 2.24) is 20.0 Å². The molecule has 0 spiro atoms. The second-order valence-electron chi connectivity index (χ2n) is 8.50. The Labute approximate surface area is 200 Å². The Bertz CT molecular complexity index is 1130. The number of halogens is 2. The minimum atomic E-state index is -2.57. The number of carbonyl (C=O) groups excluding carboxylic acids is 1. The number of carbonyl (C=O) groups is 1. The highest BCUT2D eigenvalue weighted by atomic mass is 32.2. The van der Waals surface area contributed by atoms with E-state index < -0.39 is 5.76 Å². The molecule has 0 radical (unpaired) electrons. The number of amides is 1. The van der Waals surface area contributed by atoms with Crippen molar-refractivity contribution in [3.05, 3.63) is 54.0 Å². The van der Waals surface area contributed by atoms with Gasteiger partial charge in [-0.3, -0.25) is 4.79 Å². The van der Waals surface area contributed by atoms with Gasteiger partial charge in [-0.25, -0.2) is 4.98 Å². The van der Waals surface area contributed by atoms with Gasteiger partial charge in [0.25, 0.3) is 11.7 Å². The lowest BCUT2D eigenvalue weighted by molar-refractivity contribution is 0.0743. The van der Waals surface area contributed by atoms with E-state index in [1.165, 1.54) is 12.8 Å². The molecule has 0 atom stereocenters. The molecule has 2 fully saturated rings. The highest BCUT2D eigenvalue weighted by molar-refractivity contribution is 7.99. The van der Waals surface area contributed by atoms with E-state index in [1.807, 2.05) is 12.1 Å². The molecule has 7 nitrogen and oxygen atoms in total. The number of anilines is 1. The van der Waals surface area contributed by atoms with Gasteiger partial charge in [-0.05, 0) is 37.1 Å². The summed E-state index contributed by atoms with van der Waals surface area (Å²) in [5.74, 6) is -0.344. The molecule has 178 valence electrons. The normalized spacial score (nSPS) is 17.0. The minimum absolute atomic E-state index is 0.220. The van der Waals surface area contributed by atoms with E-state index in [1.54, 1.807) is 35.4 Å². The third-order valence-electron chi connectivity index (χ3n) is 6.38. The molecular weight excluding hydrogens is 460 g/mol. The van der Waals surface area contributed by atoms with Gasteiger partial charge >= 0.3 is 0 Å². The lowest BCUT2D eigenvalue weighted by Gasteiger charge is -2.35. The molecular formula is C24H25F2N5O2S. The number of alkyl halides is 2. The number of hydrogen-bond acceptors (Lipinski definition) is 7. The van der Waals surface area contributed by atoms with Crippen LogP contribution in [0.2, 0.25) is 0 Å². The van der Waals surface area contributed by atoms with Crippen LogP contribution in [0.3, 0.4) is 0 Å². The molecule has 3 aromatic rings. The fraction of sp³-hybridized carbons (Fsp3) is 0.417. The van der Waals surface area contributed by atoms with E-state index in [2.05, 4.69) is 20.0 Å². The fourth-order valence-electron chi connectivity index (χ4n) is 4.55. The molecule has 1 aliphatic heterocycles. The zero-order valence-corrected chi connectivity index (χ0v) is 19.4. The number of rotatable bonds is 6. The lowest BCUT2D eigenvalue weighted by atomic mass is 10.1. The average molecular weight is 486 g/mol. The predicted octanol–water partition coefficient (Wildman–Crippen LogP) is 5.07. The first-order valence-electron chi connectivity index (χ1n) is 11.5. The topological polar surface area (TPSA) is 75.4 Å². The Morgan fingerprint density at radius 3 is 2.53 bits per heavy atom. The summed E-state index contributed by atoms with van der Waals surface area (Å²) < 4.78 is 31.2. The van der Waals surface area contributed by atoms with E-state index in [0.29, 0.717) is 66.0 Å². The van der Waals surface area contributed by atoms with Gasteiger partial charge in [0.15, 0.2) is 0 Å². The highest BCUT2D eigenvalue weighted by Crippen LogP contribution is 2.34. The monoisotopic (exact) mass is 485 g/mol. The Hall–Kier alpha value is -3.01. The Morgan fingerprint density at radius 1 is 1.06 bits per heavy atom. The van der Waals surface area contributed by atoms with Gasteiger partial charge in [0, 0.05) is 48.8 Å². The Balaban J connectivity index is 1.20. The summed E-state index contributed by atoms with van der Waals surface area (Å²) in [5, 5.41) is 4.12.